The number of piperazine rings is 1. The fourth-order valence-electron chi connectivity index (χ4n) is 3.81. The minimum atomic E-state index is -0.798. The zero-order valence-corrected chi connectivity index (χ0v) is 16.1. The van der Waals surface area contributed by atoms with E-state index in [9.17, 15) is 18.8 Å². The van der Waals surface area contributed by atoms with Gasteiger partial charge in [0.15, 0.2) is 5.58 Å². The number of nitrogens with one attached hydrogen (secondary N) is 1. The van der Waals surface area contributed by atoms with Crippen LogP contribution >= 0.6 is 0 Å². The van der Waals surface area contributed by atoms with E-state index in [1.807, 2.05) is 4.90 Å². The molecule has 5 rings (SSSR count). The second kappa shape index (κ2) is 7.12. The Balaban J connectivity index is 1.28. The average molecular weight is 413 g/mol. The lowest BCUT2D eigenvalue weighted by molar-refractivity contribution is -0.132. The van der Waals surface area contributed by atoms with Gasteiger partial charge in [-0.1, -0.05) is 12.1 Å². The Kier molecular flexibility index (Phi) is 4.41. The second-order valence-corrected chi connectivity index (χ2v) is 7.65. The second-order valence-electron chi connectivity index (χ2n) is 7.65. The van der Waals surface area contributed by atoms with Crippen LogP contribution in [0.1, 0.15) is 24.5 Å². The molecule has 156 valence electrons. The van der Waals surface area contributed by atoms with E-state index < -0.39 is 17.1 Å². The van der Waals surface area contributed by atoms with Crippen molar-refractivity contribution in [1.29, 1.82) is 0 Å². The fraction of sp³-hybridized carbons (Fsp3) is 0.400. The first kappa shape index (κ1) is 18.6. The Labute approximate surface area is 169 Å². The van der Waals surface area contributed by atoms with E-state index >= 15 is 0 Å². The van der Waals surface area contributed by atoms with Crippen LogP contribution in [-0.2, 0) is 11.3 Å². The molecule has 30 heavy (non-hydrogen) atoms. The van der Waals surface area contributed by atoms with E-state index in [0.29, 0.717) is 43.2 Å². The van der Waals surface area contributed by atoms with Gasteiger partial charge in [0, 0.05) is 32.1 Å². The van der Waals surface area contributed by atoms with Crippen LogP contribution < -0.4 is 16.2 Å². The van der Waals surface area contributed by atoms with Gasteiger partial charge in [-0.25, -0.2) is 9.78 Å². The van der Waals surface area contributed by atoms with E-state index in [0.717, 1.165) is 12.8 Å². The van der Waals surface area contributed by atoms with E-state index in [-0.39, 0.29) is 24.1 Å². The van der Waals surface area contributed by atoms with E-state index in [1.54, 1.807) is 29.2 Å². The van der Waals surface area contributed by atoms with Gasteiger partial charge >= 0.3 is 5.76 Å². The molecule has 1 aliphatic heterocycles. The predicted octanol–water partition coefficient (Wildman–Crippen LogP) is 1.04. The molecule has 0 bridgehead atoms. The number of nitrogens with zero attached hydrogens (tertiary/aromatic N) is 4. The number of halogens is 1. The molecule has 2 aliphatic rings. The van der Waals surface area contributed by atoms with Gasteiger partial charge < -0.3 is 14.2 Å². The van der Waals surface area contributed by atoms with Crippen molar-refractivity contribution in [2.45, 2.75) is 25.3 Å². The van der Waals surface area contributed by atoms with Crippen molar-refractivity contribution in [2.24, 2.45) is 0 Å². The van der Waals surface area contributed by atoms with Crippen molar-refractivity contribution in [1.82, 2.24) is 19.4 Å². The number of para-hydroxylation sites is 2. The summed E-state index contributed by atoms with van der Waals surface area (Å²) in [6.45, 7) is 1.61. The molecule has 3 aromatic rings. The van der Waals surface area contributed by atoms with Crippen LogP contribution in [0.25, 0.3) is 11.1 Å². The summed E-state index contributed by atoms with van der Waals surface area (Å²) in [6, 6.07) is 6.96. The van der Waals surface area contributed by atoms with Gasteiger partial charge in [-0.3, -0.25) is 19.1 Å². The molecule has 1 aliphatic carbocycles. The molecule has 1 amide bonds. The molecule has 9 nitrogen and oxygen atoms in total. The van der Waals surface area contributed by atoms with Crippen LogP contribution in [0.3, 0.4) is 0 Å². The summed E-state index contributed by atoms with van der Waals surface area (Å²) >= 11 is 0. The van der Waals surface area contributed by atoms with Crippen molar-refractivity contribution in [2.75, 3.05) is 31.1 Å². The number of hydrogen-bond donors (Lipinski definition) is 1. The maximum atomic E-state index is 14.0. The summed E-state index contributed by atoms with van der Waals surface area (Å²) in [5.74, 6) is -1.19. The molecule has 0 spiro atoms. The summed E-state index contributed by atoms with van der Waals surface area (Å²) in [6.07, 6.45) is 1.69. The largest absolute Gasteiger partial charge is 0.420 e. The maximum absolute atomic E-state index is 14.0. The topological polar surface area (TPSA) is 104 Å². The number of carbonyl (C=O) groups is 1. The standard InChI is InChI=1S/C20H20FN5O4/c21-16-17(12-5-6-12)22-19(23-18(16)28)25-9-7-24(8-10-25)15(27)11-26-13-3-1-2-4-14(13)30-20(26)29/h1-4,12H,5-11H2,(H,22,23,28). The molecular weight excluding hydrogens is 393 g/mol. The summed E-state index contributed by atoms with van der Waals surface area (Å²) in [7, 11) is 0. The predicted molar refractivity (Wildman–Crippen MR) is 106 cm³/mol. The van der Waals surface area contributed by atoms with Gasteiger partial charge in [0.25, 0.3) is 5.56 Å². The quantitative estimate of drug-likeness (QED) is 0.686. The number of amides is 1. The van der Waals surface area contributed by atoms with Crippen molar-refractivity contribution in [3.63, 3.8) is 0 Å². The Bertz CT molecular complexity index is 1230. The normalized spacial score (nSPS) is 17.0. The maximum Gasteiger partial charge on any atom is 0.420 e. The Morgan fingerprint density at radius 3 is 2.63 bits per heavy atom. The van der Waals surface area contributed by atoms with Crippen molar-refractivity contribution in [3.05, 3.63) is 56.7 Å². The number of aromatic nitrogens is 3. The lowest BCUT2D eigenvalue weighted by Gasteiger charge is -2.35. The molecule has 1 saturated carbocycles. The summed E-state index contributed by atoms with van der Waals surface area (Å²) < 4.78 is 20.5. The van der Waals surface area contributed by atoms with Gasteiger partial charge in [-0.2, -0.15) is 4.39 Å². The van der Waals surface area contributed by atoms with Gasteiger partial charge in [0.2, 0.25) is 17.7 Å². The first-order valence-electron chi connectivity index (χ1n) is 9.92. The van der Waals surface area contributed by atoms with Crippen molar-refractivity contribution < 1.29 is 13.6 Å². The third-order valence-corrected chi connectivity index (χ3v) is 5.64. The molecule has 2 fully saturated rings. The van der Waals surface area contributed by atoms with Crippen molar-refractivity contribution >= 4 is 23.0 Å². The van der Waals surface area contributed by atoms with E-state index in [2.05, 4.69) is 9.97 Å². The fourth-order valence-corrected chi connectivity index (χ4v) is 3.81. The molecule has 1 N–H and O–H groups in total. The number of oxazole rings is 1. The van der Waals surface area contributed by atoms with E-state index in [1.165, 1.54) is 4.57 Å². The molecule has 1 aromatic carbocycles. The minimum absolute atomic E-state index is 0.0250. The first-order valence-corrected chi connectivity index (χ1v) is 9.92. The SMILES string of the molecule is O=C(Cn1c(=O)oc2ccccc21)N1CCN(c2nc(C3CC3)c(F)c(=O)[nH]2)CC1. The Morgan fingerprint density at radius 1 is 1.17 bits per heavy atom. The van der Waals surface area contributed by atoms with Gasteiger partial charge in [-0.05, 0) is 25.0 Å². The van der Waals surface area contributed by atoms with Crippen molar-refractivity contribution in [3.8, 4) is 0 Å². The molecule has 2 aromatic heterocycles. The number of aromatic amines is 1. The zero-order valence-electron chi connectivity index (χ0n) is 16.1. The molecule has 10 heteroatoms. The monoisotopic (exact) mass is 413 g/mol. The smallest absolute Gasteiger partial charge is 0.408 e. The zero-order chi connectivity index (χ0) is 20.8. The Morgan fingerprint density at radius 2 is 1.90 bits per heavy atom. The molecule has 1 saturated heterocycles. The molecule has 0 radical (unpaired) electrons. The first-order chi connectivity index (χ1) is 14.5. The number of fused-ring (bicyclic) bond motifs is 1. The third kappa shape index (κ3) is 3.27. The van der Waals surface area contributed by atoms with Gasteiger partial charge in [-0.15, -0.1) is 0 Å². The number of anilines is 1. The van der Waals surface area contributed by atoms with Crippen LogP contribution in [0.2, 0.25) is 0 Å². The van der Waals surface area contributed by atoms with Gasteiger partial charge in [0.1, 0.15) is 6.54 Å². The molecule has 0 unspecified atom stereocenters. The van der Waals surface area contributed by atoms with Crippen LogP contribution in [0, 0.1) is 5.82 Å². The summed E-state index contributed by atoms with van der Waals surface area (Å²) in [5, 5.41) is 0. The lowest BCUT2D eigenvalue weighted by Crippen LogP contribution is -2.50. The molecular formula is C20H20FN5O4. The summed E-state index contributed by atoms with van der Waals surface area (Å²) in [5.41, 5.74) is 0.498. The van der Waals surface area contributed by atoms with E-state index in [4.69, 9.17) is 4.42 Å². The van der Waals surface area contributed by atoms with Crippen LogP contribution in [0.15, 0.2) is 38.3 Å². The van der Waals surface area contributed by atoms with Crippen LogP contribution in [0.4, 0.5) is 10.3 Å². The van der Waals surface area contributed by atoms with Gasteiger partial charge in [0.05, 0.1) is 11.2 Å². The summed E-state index contributed by atoms with van der Waals surface area (Å²) in [4.78, 5) is 47.1. The number of H-pyrrole nitrogens is 1. The number of carbonyl (C=O) groups excluding carboxylic acids is 1. The number of benzene rings is 1. The minimum Gasteiger partial charge on any atom is -0.408 e. The number of rotatable bonds is 4. The highest BCUT2D eigenvalue weighted by Crippen LogP contribution is 2.39. The molecule has 3 heterocycles. The highest BCUT2D eigenvalue weighted by atomic mass is 19.1. The lowest BCUT2D eigenvalue weighted by atomic mass is 10.2. The third-order valence-electron chi connectivity index (χ3n) is 5.64. The average Bonchev–Trinajstić information content (AvgIpc) is 3.55. The highest BCUT2D eigenvalue weighted by molar-refractivity contribution is 5.79. The molecule has 0 atom stereocenters. The van der Waals surface area contributed by atoms with Crippen LogP contribution in [-0.4, -0.2) is 51.5 Å². The Hall–Kier alpha value is -3.43. The highest BCUT2D eigenvalue weighted by Gasteiger charge is 2.31. The number of hydrogen-bond acceptors (Lipinski definition) is 6. The van der Waals surface area contributed by atoms with Crippen LogP contribution in [0.5, 0.6) is 0 Å².